The molecule has 0 heterocycles. The zero-order valence-corrected chi connectivity index (χ0v) is 10.8. The molecule has 0 bridgehead atoms. The van der Waals surface area contributed by atoms with Crippen LogP contribution >= 0.6 is 0 Å². The Balaban J connectivity index is 2.46. The minimum Gasteiger partial charge on any atom is -0.478 e. The highest BCUT2D eigenvalue weighted by Crippen LogP contribution is 2.17. The van der Waals surface area contributed by atoms with Crippen LogP contribution in [0.15, 0.2) is 42.5 Å². The van der Waals surface area contributed by atoms with Crippen LogP contribution in [0.2, 0.25) is 0 Å². The lowest BCUT2D eigenvalue weighted by Crippen LogP contribution is -2.06. The first-order valence-electron chi connectivity index (χ1n) is 5.94. The summed E-state index contributed by atoms with van der Waals surface area (Å²) in [7, 11) is 0. The van der Waals surface area contributed by atoms with Crippen LogP contribution in [0, 0.1) is 13.8 Å². The van der Waals surface area contributed by atoms with E-state index in [2.05, 4.69) is 0 Å². The summed E-state index contributed by atoms with van der Waals surface area (Å²) < 4.78 is 0. The molecule has 2 aromatic rings. The molecule has 3 nitrogen and oxygen atoms in total. The van der Waals surface area contributed by atoms with E-state index in [1.807, 2.05) is 19.1 Å². The van der Waals surface area contributed by atoms with E-state index >= 15 is 0 Å². The van der Waals surface area contributed by atoms with Crippen molar-refractivity contribution in [2.24, 2.45) is 0 Å². The Morgan fingerprint density at radius 1 is 0.895 bits per heavy atom. The summed E-state index contributed by atoms with van der Waals surface area (Å²) >= 11 is 0. The van der Waals surface area contributed by atoms with Crippen molar-refractivity contribution in [3.63, 3.8) is 0 Å². The summed E-state index contributed by atoms with van der Waals surface area (Å²) in [6.07, 6.45) is 0. The molecule has 0 amide bonds. The van der Waals surface area contributed by atoms with Gasteiger partial charge in [-0.3, -0.25) is 4.79 Å². The molecule has 0 spiro atoms. The lowest BCUT2D eigenvalue weighted by Gasteiger charge is -2.06. The second-order valence-corrected chi connectivity index (χ2v) is 4.53. The van der Waals surface area contributed by atoms with Gasteiger partial charge in [0.1, 0.15) is 0 Å². The summed E-state index contributed by atoms with van der Waals surface area (Å²) in [5.41, 5.74) is 2.98. The Hall–Kier alpha value is -2.42. The topological polar surface area (TPSA) is 54.4 Å². The highest BCUT2D eigenvalue weighted by atomic mass is 16.4. The van der Waals surface area contributed by atoms with E-state index in [-0.39, 0.29) is 11.3 Å². The number of carboxylic acids is 1. The molecule has 0 fully saturated rings. The first kappa shape index (κ1) is 13.0. The minimum absolute atomic E-state index is 0.126. The van der Waals surface area contributed by atoms with E-state index in [0.717, 1.165) is 11.1 Å². The van der Waals surface area contributed by atoms with Gasteiger partial charge in [0, 0.05) is 11.1 Å². The van der Waals surface area contributed by atoms with Crippen LogP contribution in [0.1, 0.15) is 37.4 Å². The quantitative estimate of drug-likeness (QED) is 0.855. The van der Waals surface area contributed by atoms with Crippen molar-refractivity contribution >= 4 is 11.8 Å². The molecule has 0 saturated carbocycles. The molecule has 0 saturated heterocycles. The summed E-state index contributed by atoms with van der Waals surface area (Å²) in [5.74, 6) is -1.18. The van der Waals surface area contributed by atoms with Gasteiger partial charge in [0.2, 0.25) is 0 Å². The minimum atomic E-state index is -1.03. The fourth-order valence-corrected chi connectivity index (χ4v) is 1.86. The molecule has 0 aliphatic heterocycles. The number of aryl methyl sites for hydroxylation is 2. The largest absolute Gasteiger partial charge is 0.478 e. The molecule has 2 rings (SSSR count). The third-order valence-corrected chi connectivity index (χ3v) is 3.04. The Morgan fingerprint density at radius 3 is 2.05 bits per heavy atom. The van der Waals surface area contributed by atoms with Gasteiger partial charge in [-0.15, -0.1) is 0 Å². The predicted molar refractivity (Wildman–Crippen MR) is 72.7 cm³/mol. The lowest BCUT2D eigenvalue weighted by molar-refractivity contribution is 0.0697. The molecular formula is C16H14O3. The second-order valence-electron chi connectivity index (χ2n) is 4.53. The van der Waals surface area contributed by atoms with Crippen LogP contribution in [-0.4, -0.2) is 16.9 Å². The first-order valence-corrected chi connectivity index (χ1v) is 5.94. The molecule has 0 aliphatic rings. The number of aromatic carboxylic acids is 1. The number of carbonyl (C=O) groups is 2. The van der Waals surface area contributed by atoms with Gasteiger partial charge in [0.05, 0.1) is 5.56 Å². The number of hydrogen-bond acceptors (Lipinski definition) is 2. The van der Waals surface area contributed by atoms with Crippen molar-refractivity contribution in [2.45, 2.75) is 13.8 Å². The van der Waals surface area contributed by atoms with Gasteiger partial charge >= 0.3 is 5.97 Å². The average Bonchev–Trinajstić information content (AvgIpc) is 2.39. The monoisotopic (exact) mass is 254 g/mol. The molecule has 0 atom stereocenters. The smallest absolute Gasteiger partial charge is 0.335 e. The summed E-state index contributed by atoms with van der Waals surface area (Å²) in [6.45, 7) is 3.75. The van der Waals surface area contributed by atoms with Crippen LogP contribution in [0.4, 0.5) is 0 Å². The maximum atomic E-state index is 12.4. The molecule has 96 valence electrons. The van der Waals surface area contributed by atoms with Gasteiger partial charge in [-0.05, 0) is 31.5 Å². The number of carbonyl (C=O) groups excluding carboxylic acids is 1. The number of hydrogen-bond donors (Lipinski definition) is 1. The van der Waals surface area contributed by atoms with Gasteiger partial charge < -0.3 is 5.11 Å². The van der Waals surface area contributed by atoms with E-state index in [1.54, 1.807) is 25.1 Å². The van der Waals surface area contributed by atoms with Crippen LogP contribution < -0.4 is 0 Å². The molecule has 0 aromatic heterocycles. The summed E-state index contributed by atoms with van der Waals surface area (Å²) in [4.78, 5) is 23.3. The van der Waals surface area contributed by atoms with Gasteiger partial charge in [-0.25, -0.2) is 4.79 Å². The van der Waals surface area contributed by atoms with Gasteiger partial charge in [0.25, 0.3) is 0 Å². The van der Waals surface area contributed by atoms with E-state index in [0.29, 0.717) is 11.1 Å². The van der Waals surface area contributed by atoms with E-state index in [4.69, 9.17) is 5.11 Å². The lowest BCUT2D eigenvalue weighted by atomic mass is 9.96. The fourth-order valence-electron chi connectivity index (χ4n) is 1.86. The molecule has 19 heavy (non-hydrogen) atoms. The Kier molecular flexibility index (Phi) is 3.47. The molecular weight excluding hydrogens is 240 g/mol. The maximum Gasteiger partial charge on any atom is 0.335 e. The zero-order valence-electron chi connectivity index (χ0n) is 10.8. The van der Waals surface area contributed by atoms with Crippen molar-refractivity contribution in [3.8, 4) is 0 Å². The summed E-state index contributed by atoms with van der Waals surface area (Å²) in [5, 5.41) is 8.98. The van der Waals surface area contributed by atoms with Crippen molar-refractivity contribution < 1.29 is 14.7 Å². The van der Waals surface area contributed by atoms with E-state index in [1.165, 1.54) is 12.1 Å². The molecule has 0 unspecified atom stereocenters. The van der Waals surface area contributed by atoms with Crippen molar-refractivity contribution in [2.75, 3.05) is 0 Å². The number of carboxylic acid groups (broad SMARTS) is 1. The zero-order chi connectivity index (χ0) is 14.0. The van der Waals surface area contributed by atoms with E-state index < -0.39 is 5.97 Å². The Morgan fingerprint density at radius 2 is 1.47 bits per heavy atom. The SMILES string of the molecule is Cc1ccc(C(=O)c2cc(C(=O)O)ccc2C)cc1. The van der Waals surface area contributed by atoms with Crippen LogP contribution in [-0.2, 0) is 0 Å². The van der Waals surface area contributed by atoms with Crippen LogP contribution in [0.25, 0.3) is 0 Å². The molecule has 0 aliphatic carbocycles. The van der Waals surface area contributed by atoms with Gasteiger partial charge in [-0.1, -0.05) is 35.9 Å². The highest BCUT2D eigenvalue weighted by Gasteiger charge is 2.14. The normalized spacial score (nSPS) is 10.2. The standard InChI is InChI=1S/C16H14O3/c1-10-3-6-12(7-4-10)15(17)14-9-13(16(18)19)8-5-11(14)2/h3-9H,1-2H3,(H,18,19). The number of rotatable bonds is 3. The fraction of sp³-hybridized carbons (Fsp3) is 0.125. The van der Waals surface area contributed by atoms with Crippen molar-refractivity contribution in [1.29, 1.82) is 0 Å². The molecule has 0 radical (unpaired) electrons. The molecule has 3 heteroatoms. The van der Waals surface area contributed by atoms with Crippen molar-refractivity contribution in [3.05, 3.63) is 70.3 Å². The number of ketones is 1. The predicted octanol–water partition coefficient (Wildman–Crippen LogP) is 3.23. The molecule has 2 aromatic carbocycles. The third-order valence-electron chi connectivity index (χ3n) is 3.04. The molecule has 1 N–H and O–H groups in total. The van der Waals surface area contributed by atoms with Crippen molar-refractivity contribution in [1.82, 2.24) is 0 Å². The first-order chi connectivity index (χ1) is 8.99. The van der Waals surface area contributed by atoms with Gasteiger partial charge in [0.15, 0.2) is 5.78 Å². The van der Waals surface area contributed by atoms with Crippen LogP contribution in [0.3, 0.4) is 0 Å². The second kappa shape index (κ2) is 5.06. The van der Waals surface area contributed by atoms with E-state index in [9.17, 15) is 9.59 Å². The Labute approximate surface area is 111 Å². The van der Waals surface area contributed by atoms with Gasteiger partial charge in [-0.2, -0.15) is 0 Å². The summed E-state index contributed by atoms with van der Waals surface area (Å²) in [6, 6.07) is 11.8. The third kappa shape index (κ3) is 2.71. The average molecular weight is 254 g/mol. The highest BCUT2D eigenvalue weighted by molar-refractivity contribution is 6.10. The van der Waals surface area contributed by atoms with Crippen LogP contribution in [0.5, 0.6) is 0 Å². The number of benzene rings is 2. The Bertz CT molecular complexity index is 640. The maximum absolute atomic E-state index is 12.4.